The van der Waals surface area contributed by atoms with Crippen LogP contribution in [0.2, 0.25) is 0 Å². The third kappa shape index (κ3) is 5.59. The second-order valence-corrected chi connectivity index (χ2v) is 7.51. The Hall–Kier alpha value is -2.53. The summed E-state index contributed by atoms with van der Waals surface area (Å²) in [5.41, 5.74) is -3.69. The number of urea groups is 1. The minimum Gasteiger partial charge on any atom is -0.462 e. The van der Waals surface area contributed by atoms with Crippen molar-refractivity contribution in [2.24, 2.45) is 0 Å². The average Bonchev–Trinajstić information content (AvgIpc) is 3.00. The molecule has 1 aromatic heterocycles. The maximum atomic E-state index is 13.7. The van der Waals surface area contributed by atoms with Crippen molar-refractivity contribution < 1.29 is 45.4 Å². The van der Waals surface area contributed by atoms with E-state index in [4.69, 9.17) is 0 Å². The molecule has 0 saturated carbocycles. The van der Waals surface area contributed by atoms with Gasteiger partial charge in [0, 0.05) is 4.88 Å². The fourth-order valence-corrected chi connectivity index (χ4v) is 4.14. The van der Waals surface area contributed by atoms with Crippen LogP contribution in [0.3, 0.4) is 0 Å². The lowest BCUT2D eigenvalue weighted by Crippen LogP contribution is -2.67. The number of ether oxygens (including phenoxy) is 2. The molecule has 1 atom stereocenters. The Morgan fingerprint density at radius 1 is 1.16 bits per heavy atom. The number of nitrogens with one attached hydrogen (secondary N) is 2. The van der Waals surface area contributed by atoms with Crippen molar-refractivity contribution in [2.75, 3.05) is 18.5 Å². The topological polar surface area (TPSA) is 100 Å². The average molecular weight is 473 g/mol. The molecule has 0 aromatic carbocycles. The van der Waals surface area contributed by atoms with Crippen molar-refractivity contribution in [3.8, 4) is 6.07 Å². The van der Waals surface area contributed by atoms with E-state index in [1.54, 1.807) is 0 Å². The molecule has 1 aromatic rings. The molecule has 2 N–H and O–H groups in total. The van der Waals surface area contributed by atoms with Crippen LogP contribution in [0.4, 0.5) is 36.1 Å². The first-order chi connectivity index (χ1) is 14.3. The molecule has 2 rings (SSSR count). The Morgan fingerprint density at radius 2 is 1.81 bits per heavy atom. The zero-order valence-electron chi connectivity index (χ0n) is 16.0. The smallest absolute Gasteiger partial charge is 0.448 e. The number of carbonyl (C=O) groups excluding carboxylic acids is 2. The predicted molar refractivity (Wildman–Crippen MR) is 95.3 cm³/mol. The van der Waals surface area contributed by atoms with E-state index < -0.39 is 43.3 Å². The Balaban J connectivity index is 2.35. The van der Waals surface area contributed by atoms with Crippen molar-refractivity contribution in [2.45, 2.75) is 50.7 Å². The normalized spacial score (nSPS) is 15.9. The highest BCUT2D eigenvalue weighted by Gasteiger charge is 2.66. The van der Waals surface area contributed by atoms with Gasteiger partial charge in [-0.15, -0.1) is 11.3 Å². The molecule has 31 heavy (non-hydrogen) atoms. The van der Waals surface area contributed by atoms with Gasteiger partial charge in [0.1, 0.15) is 17.7 Å². The van der Waals surface area contributed by atoms with Crippen LogP contribution in [0.1, 0.15) is 35.8 Å². The van der Waals surface area contributed by atoms with Crippen molar-refractivity contribution in [1.82, 2.24) is 5.32 Å². The maximum absolute atomic E-state index is 13.7. The van der Waals surface area contributed by atoms with Crippen LogP contribution in [0.5, 0.6) is 0 Å². The highest BCUT2D eigenvalue weighted by Crippen LogP contribution is 2.38. The summed E-state index contributed by atoms with van der Waals surface area (Å²) in [4.78, 5) is 25.0. The van der Waals surface area contributed by atoms with E-state index in [2.05, 4.69) is 9.47 Å². The summed E-state index contributed by atoms with van der Waals surface area (Å²) >= 11 is 0.972. The first-order valence-electron chi connectivity index (χ1n) is 8.93. The Bertz CT molecular complexity index is 877. The number of fused-ring (bicyclic) bond motifs is 1. The third-order valence-electron chi connectivity index (χ3n) is 4.21. The second-order valence-electron chi connectivity index (χ2n) is 6.41. The highest BCUT2D eigenvalue weighted by atomic mass is 32.1. The number of aryl methyl sites for hydroxylation is 1. The number of esters is 1. The number of amides is 2. The molecule has 0 saturated heterocycles. The van der Waals surface area contributed by atoms with Crippen LogP contribution in [-0.2, 0) is 27.1 Å². The summed E-state index contributed by atoms with van der Waals surface area (Å²) in [5.74, 6) is -2.27. The summed E-state index contributed by atoms with van der Waals surface area (Å²) in [6.07, 6.45) is -8.26. The molecular weight excluding hydrogens is 456 g/mol. The van der Waals surface area contributed by atoms with Crippen molar-refractivity contribution >= 4 is 28.3 Å². The molecule has 0 aliphatic heterocycles. The van der Waals surface area contributed by atoms with Gasteiger partial charge in [-0.3, -0.25) is 10.6 Å². The highest BCUT2D eigenvalue weighted by molar-refractivity contribution is 7.16. The Labute approximate surface area is 176 Å². The van der Waals surface area contributed by atoms with Crippen LogP contribution >= 0.6 is 11.3 Å². The van der Waals surface area contributed by atoms with Gasteiger partial charge in [-0.25, -0.2) is 9.59 Å². The van der Waals surface area contributed by atoms with Crippen LogP contribution < -0.4 is 10.6 Å². The van der Waals surface area contributed by atoms with Gasteiger partial charge in [0.25, 0.3) is 0 Å². The first kappa shape index (κ1) is 24.7. The van der Waals surface area contributed by atoms with E-state index in [-0.39, 0.29) is 10.6 Å². The number of alkyl halides is 6. The van der Waals surface area contributed by atoms with Crippen molar-refractivity contribution in [1.29, 1.82) is 5.26 Å². The van der Waals surface area contributed by atoms with E-state index >= 15 is 0 Å². The van der Waals surface area contributed by atoms with Gasteiger partial charge < -0.3 is 9.47 Å². The zero-order chi connectivity index (χ0) is 23.4. The van der Waals surface area contributed by atoms with Crippen molar-refractivity contribution in [3.05, 3.63) is 16.0 Å². The number of carbonyl (C=O) groups is 2. The van der Waals surface area contributed by atoms with E-state index in [0.29, 0.717) is 18.4 Å². The number of hydrogen-bond donors (Lipinski definition) is 2. The monoisotopic (exact) mass is 473 g/mol. The van der Waals surface area contributed by atoms with Crippen LogP contribution in [-0.4, -0.2) is 43.3 Å². The molecule has 0 unspecified atom stereocenters. The van der Waals surface area contributed by atoms with Crippen LogP contribution in [0.25, 0.3) is 0 Å². The summed E-state index contributed by atoms with van der Waals surface area (Å²) in [7, 11) is 0. The summed E-state index contributed by atoms with van der Waals surface area (Å²) in [6.45, 7) is -1.98. The van der Waals surface area contributed by atoms with Gasteiger partial charge in [0.2, 0.25) is 0 Å². The quantitative estimate of drug-likeness (QED) is 0.369. The van der Waals surface area contributed by atoms with Gasteiger partial charge in [-0.2, -0.15) is 31.6 Å². The molecule has 1 aliphatic rings. The minimum absolute atomic E-state index is 0.0554. The Kier molecular flexibility index (Phi) is 7.43. The molecule has 0 radical (unpaired) electrons. The molecule has 172 valence electrons. The zero-order valence-corrected chi connectivity index (χ0v) is 16.8. The third-order valence-corrected chi connectivity index (χ3v) is 5.42. The number of thiophene rings is 1. The minimum atomic E-state index is -5.80. The fraction of sp³-hybridized carbons (Fsp3) is 0.588. The lowest BCUT2D eigenvalue weighted by Gasteiger charge is -2.33. The summed E-state index contributed by atoms with van der Waals surface area (Å²) in [5, 5.41) is 12.4. The van der Waals surface area contributed by atoms with Crippen LogP contribution in [0.15, 0.2) is 0 Å². The molecule has 0 bridgehead atoms. The predicted octanol–water partition coefficient (Wildman–Crippen LogP) is 4.02. The van der Waals surface area contributed by atoms with Crippen LogP contribution in [0, 0.1) is 11.3 Å². The lowest BCUT2D eigenvalue weighted by atomic mass is 9.96. The maximum Gasteiger partial charge on any atom is 0.448 e. The summed E-state index contributed by atoms with van der Waals surface area (Å²) in [6, 6.07) is 0.172. The molecule has 7 nitrogen and oxygen atoms in total. The Morgan fingerprint density at radius 3 is 2.35 bits per heavy atom. The molecule has 2 amide bonds. The van der Waals surface area contributed by atoms with Gasteiger partial charge in [-0.05, 0) is 38.2 Å². The molecule has 0 spiro atoms. The largest absolute Gasteiger partial charge is 0.462 e. The number of hydrogen-bond acceptors (Lipinski definition) is 6. The van der Waals surface area contributed by atoms with E-state index in [1.165, 1.54) is 0 Å². The second kappa shape index (κ2) is 9.31. The number of rotatable bonds is 6. The molecule has 1 heterocycles. The van der Waals surface area contributed by atoms with Crippen molar-refractivity contribution in [3.63, 3.8) is 0 Å². The molecule has 0 fully saturated rings. The lowest BCUT2D eigenvalue weighted by molar-refractivity contribution is -0.305. The van der Waals surface area contributed by atoms with Gasteiger partial charge >= 0.3 is 30.1 Å². The van der Waals surface area contributed by atoms with E-state index in [0.717, 1.165) is 41.3 Å². The number of nitrogens with zero attached hydrogens (tertiary/aromatic N) is 1. The molecule has 14 heteroatoms. The number of nitriles is 1. The van der Waals surface area contributed by atoms with Gasteiger partial charge in [-0.1, -0.05) is 0 Å². The molecular formula is C17H17F6N3O4S. The molecule has 1 aliphatic carbocycles. The number of halogens is 6. The van der Waals surface area contributed by atoms with Gasteiger partial charge in [0.05, 0.1) is 12.2 Å². The number of anilines is 1. The van der Waals surface area contributed by atoms with E-state index in [1.807, 2.05) is 11.4 Å². The SMILES string of the molecule is CCOC(=O)[C@](NC(=O)Nc1sc2c(c1C#N)CCCC2)(OCC(F)(F)F)C(F)(F)F. The fourth-order valence-electron chi connectivity index (χ4n) is 2.90. The summed E-state index contributed by atoms with van der Waals surface area (Å²) < 4.78 is 86.7. The first-order valence-corrected chi connectivity index (χ1v) is 9.74. The standard InChI is InChI=1S/C17H17F6N3O4S/c1-2-29-13(27)16(17(21,22)23,30-8-15(18,19)20)26-14(28)25-12-10(7-24)9-5-3-4-6-11(9)31-12/h2-6,8H2,1H3,(H2,25,26,28)/t16-/m0/s1. The van der Waals surface area contributed by atoms with E-state index in [9.17, 15) is 41.2 Å². The van der Waals surface area contributed by atoms with Gasteiger partial charge in [0.15, 0.2) is 0 Å².